The number of carboxylic acids is 1. The van der Waals surface area contributed by atoms with Crippen molar-refractivity contribution in [2.45, 2.75) is 19.9 Å². The Morgan fingerprint density at radius 3 is 2.65 bits per heavy atom. The van der Waals surface area contributed by atoms with Crippen molar-refractivity contribution in [1.29, 1.82) is 0 Å². The number of carbonyl (C=O) groups is 2. The van der Waals surface area contributed by atoms with Gasteiger partial charge in [-0.05, 0) is 53.4 Å². The predicted molar refractivity (Wildman–Crippen MR) is 120 cm³/mol. The zero-order valence-electron chi connectivity index (χ0n) is 17.0. The van der Waals surface area contributed by atoms with Crippen LogP contribution in [0.2, 0.25) is 0 Å². The summed E-state index contributed by atoms with van der Waals surface area (Å²) < 4.78 is 5.68. The lowest BCUT2D eigenvalue weighted by Crippen LogP contribution is -2.15. The van der Waals surface area contributed by atoms with Crippen LogP contribution in [0.5, 0.6) is 0 Å². The van der Waals surface area contributed by atoms with Gasteiger partial charge in [-0.1, -0.05) is 36.4 Å². The van der Waals surface area contributed by atoms with Gasteiger partial charge in [-0.15, -0.1) is 0 Å². The molecule has 0 aliphatic rings. The normalized spacial score (nSPS) is 10.9. The topological polar surface area (TPSA) is 106 Å². The lowest BCUT2D eigenvalue weighted by molar-refractivity contribution is -0.136. The molecule has 0 unspecified atom stereocenters. The third-order valence-corrected chi connectivity index (χ3v) is 5.23. The van der Waals surface area contributed by atoms with E-state index in [9.17, 15) is 14.7 Å². The van der Waals surface area contributed by atoms with E-state index in [1.54, 1.807) is 30.5 Å². The summed E-state index contributed by atoms with van der Waals surface area (Å²) in [6, 6.07) is 18.5. The van der Waals surface area contributed by atoms with Crippen LogP contribution >= 0.6 is 0 Å². The molecule has 1 heterocycles. The Hall–Kier alpha value is -3.90. The van der Waals surface area contributed by atoms with Crippen LogP contribution in [0.25, 0.3) is 22.1 Å². The van der Waals surface area contributed by atoms with Gasteiger partial charge in [0.15, 0.2) is 0 Å². The van der Waals surface area contributed by atoms with Crippen molar-refractivity contribution in [1.82, 2.24) is 0 Å². The minimum Gasteiger partial charge on any atom is -0.481 e. The van der Waals surface area contributed by atoms with Crippen molar-refractivity contribution in [2.24, 2.45) is 5.73 Å². The van der Waals surface area contributed by atoms with E-state index >= 15 is 0 Å². The number of nitrogens with two attached hydrogens (primary N) is 1. The highest BCUT2D eigenvalue weighted by molar-refractivity contribution is 6.09. The number of fused-ring (bicyclic) bond motifs is 1. The van der Waals surface area contributed by atoms with E-state index in [0.29, 0.717) is 28.9 Å². The van der Waals surface area contributed by atoms with Gasteiger partial charge >= 0.3 is 5.97 Å². The number of aryl methyl sites for hydroxylation is 1. The maximum Gasteiger partial charge on any atom is 0.307 e. The second-order valence-electron chi connectivity index (χ2n) is 7.40. The number of benzene rings is 3. The van der Waals surface area contributed by atoms with E-state index in [1.165, 1.54) is 0 Å². The molecular weight excluding hydrogens is 392 g/mol. The maximum absolute atomic E-state index is 13.2. The van der Waals surface area contributed by atoms with E-state index < -0.39 is 5.97 Å². The first-order valence-corrected chi connectivity index (χ1v) is 9.88. The molecule has 4 aromatic rings. The number of nitrogens with one attached hydrogen (secondary N) is 1. The Bertz CT molecular complexity index is 1290. The van der Waals surface area contributed by atoms with Gasteiger partial charge in [0, 0.05) is 28.7 Å². The van der Waals surface area contributed by atoms with Gasteiger partial charge in [0.2, 0.25) is 0 Å². The average molecular weight is 414 g/mol. The molecule has 1 aromatic heterocycles. The monoisotopic (exact) mass is 414 g/mol. The van der Waals surface area contributed by atoms with Crippen molar-refractivity contribution >= 4 is 28.5 Å². The summed E-state index contributed by atoms with van der Waals surface area (Å²) in [5.41, 5.74) is 11.5. The summed E-state index contributed by atoms with van der Waals surface area (Å²) >= 11 is 0. The van der Waals surface area contributed by atoms with Gasteiger partial charge in [0.25, 0.3) is 5.91 Å². The Balaban J connectivity index is 1.76. The van der Waals surface area contributed by atoms with Gasteiger partial charge in [-0.2, -0.15) is 0 Å². The summed E-state index contributed by atoms with van der Waals surface area (Å²) in [6.07, 6.45) is 1.42. The van der Waals surface area contributed by atoms with Crippen LogP contribution in [0, 0.1) is 6.92 Å². The fraction of sp³-hybridized carbons (Fsp3) is 0.120. The number of hydrogen-bond acceptors (Lipinski definition) is 4. The molecule has 0 radical (unpaired) electrons. The fourth-order valence-electron chi connectivity index (χ4n) is 3.70. The molecule has 0 fully saturated rings. The standard InChI is InChI=1S/C25H22N2O4/c1-15-4-2-7-18(13-22(28)29)23(15)27-25(30)20-11-19-8-9-31-24(19)21(12-20)17-6-3-5-16(10-17)14-26/h2-12H,13-14,26H2,1H3,(H,27,30)(H,28,29). The van der Waals surface area contributed by atoms with Crippen LogP contribution in [0.15, 0.2) is 71.3 Å². The van der Waals surface area contributed by atoms with Crippen LogP contribution < -0.4 is 11.1 Å². The first-order chi connectivity index (χ1) is 15.0. The molecule has 4 N–H and O–H groups in total. The highest BCUT2D eigenvalue weighted by Gasteiger charge is 2.17. The molecular formula is C25H22N2O4. The number of rotatable bonds is 6. The molecule has 0 aliphatic heterocycles. The Morgan fingerprint density at radius 1 is 1.06 bits per heavy atom. The van der Waals surface area contributed by atoms with E-state index in [2.05, 4.69) is 5.32 Å². The van der Waals surface area contributed by atoms with Crippen molar-refractivity contribution < 1.29 is 19.1 Å². The SMILES string of the molecule is Cc1cccc(CC(=O)O)c1NC(=O)c1cc(-c2cccc(CN)c2)c2occc2c1. The van der Waals surface area contributed by atoms with E-state index in [1.807, 2.05) is 43.3 Å². The highest BCUT2D eigenvalue weighted by atomic mass is 16.4. The van der Waals surface area contributed by atoms with Gasteiger partial charge in [0.05, 0.1) is 12.7 Å². The Morgan fingerprint density at radius 2 is 1.87 bits per heavy atom. The lowest BCUT2D eigenvalue weighted by atomic mass is 9.98. The first-order valence-electron chi connectivity index (χ1n) is 9.88. The maximum atomic E-state index is 13.2. The number of furan rings is 1. The van der Waals surface area contributed by atoms with Crippen LogP contribution in [0.3, 0.4) is 0 Å². The van der Waals surface area contributed by atoms with Crippen molar-refractivity contribution in [2.75, 3.05) is 5.32 Å². The fourth-order valence-corrected chi connectivity index (χ4v) is 3.70. The van der Waals surface area contributed by atoms with Gasteiger partial charge in [-0.25, -0.2) is 0 Å². The molecule has 3 aromatic carbocycles. The average Bonchev–Trinajstić information content (AvgIpc) is 3.24. The predicted octanol–water partition coefficient (Wildman–Crippen LogP) is 4.75. The summed E-state index contributed by atoms with van der Waals surface area (Å²) in [6.45, 7) is 2.25. The molecule has 6 heteroatoms. The molecule has 4 rings (SSSR count). The van der Waals surface area contributed by atoms with Crippen molar-refractivity contribution in [3.63, 3.8) is 0 Å². The molecule has 0 saturated heterocycles. The van der Waals surface area contributed by atoms with Crippen molar-refractivity contribution in [3.8, 4) is 11.1 Å². The largest absolute Gasteiger partial charge is 0.481 e. The summed E-state index contributed by atoms with van der Waals surface area (Å²) in [4.78, 5) is 24.4. The molecule has 0 aliphatic carbocycles. The number of anilines is 1. The number of para-hydroxylation sites is 1. The number of carboxylic acid groups (broad SMARTS) is 1. The number of amides is 1. The third kappa shape index (κ3) is 4.20. The van der Waals surface area contributed by atoms with Crippen LogP contribution in [0.1, 0.15) is 27.0 Å². The summed E-state index contributed by atoms with van der Waals surface area (Å²) in [7, 11) is 0. The smallest absolute Gasteiger partial charge is 0.307 e. The summed E-state index contributed by atoms with van der Waals surface area (Å²) in [5.74, 6) is -1.27. The van der Waals surface area contributed by atoms with Gasteiger partial charge in [-0.3, -0.25) is 9.59 Å². The van der Waals surface area contributed by atoms with Crippen LogP contribution in [-0.4, -0.2) is 17.0 Å². The van der Waals surface area contributed by atoms with E-state index in [-0.39, 0.29) is 12.3 Å². The quantitative estimate of drug-likeness (QED) is 0.422. The zero-order chi connectivity index (χ0) is 22.0. The van der Waals surface area contributed by atoms with E-state index in [0.717, 1.165) is 27.6 Å². The molecule has 156 valence electrons. The molecule has 31 heavy (non-hydrogen) atoms. The number of hydrogen-bond donors (Lipinski definition) is 3. The minimum atomic E-state index is -0.956. The molecule has 0 saturated carbocycles. The number of carbonyl (C=O) groups excluding carboxylic acids is 1. The van der Waals surface area contributed by atoms with Gasteiger partial charge < -0.3 is 20.6 Å². The van der Waals surface area contributed by atoms with Crippen LogP contribution in [-0.2, 0) is 17.8 Å². The number of aliphatic carboxylic acids is 1. The molecule has 1 amide bonds. The highest BCUT2D eigenvalue weighted by Crippen LogP contribution is 2.32. The molecule has 0 bridgehead atoms. The zero-order valence-corrected chi connectivity index (χ0v) is 17.0. The second-order valence-corrected chi connectivity index (χ2v) is 7.40. The molecule has 6 nitrogen and oxygen atoms in total. The first kappa shape index (κ1) is 20.4. The van der Waals surface area contributed by atoms with Gasteiger partial charge in [0.1, 0.15) is 5.58 Å². The second kappa shape index (κ2) is 8.45. The molecule has 0 atom stereocenters. The van der Waals surface area contributed by atoms with E-state index in [4.69, 9.17) is 10.2 Å². The Labute approximate surface area is 179 Å². The van der Waals surface area contributed by atoms with Crippen molar-refractivity contribution in [3.05, 3.63) is 89.2 Å². The lowest BCUT2D eigenvalue weighted by Gasteiger charge is -2.14. The summed E-state index contributed by atoms with van der Waals surface area (Å²) in [5, 5.41) is 12.9. The minimum absolute atomic E-state index is 0.171. The third-order valence-electron chi connectivity index (χ3n) is 5.23. The van der Waals surface area contributed by atoms with Crippen LogP contribution in [0.4, 0.5) is 5.69 Å². The molecule has 0 spiro atoms. The Kier molecular flexibility index (Phi) is 5.56.